The number of hydrogen-bond acceptors (Lipinski definition) is 7. The number of carbonyl (C=O) groups excluding carboxylic acids is 3. The van der Waals surface area contributed by atoms with Crippen molar-refractivity contribution in [2.75, 3.05) is 13.2 Å². The van der Waals surface area contributed by atoms with E-state index in [1.807, 2.05) is 6.07 Å². The fourth-order valence-electron chi connectivity index (χ4n) is 2.45. The van der Waals surface area contributed by atoms with Crippen molar-refractivity contribution in [1.82, 2.24) is 10.6 Å². The summed E-state index contributed by atoms with van der Waals surface area (Å²) in [6, 6.07) is 5.50. The van der Waals surface area contributed by atoms with Crippen molar-refractivity contribution in [2.45, 2.75) is 25.3 Å². The molecule has 148 valence electrons. The molecule has 10 nitrogen and oxygen atoms in total. The third kappa shape index (κ3) is 5.40. The second-order valence-electron chi connectivity index (χ2n) is 6.40. The summed E-state index contributed by atoms with van der Waals surface area (Å²) in [5, 5.41) is 24.7. The van der Waals surface area contributed by atoms with Crippen LogP contribution in [0.1, 0.15) is 30.1 Å². The molecule has 1 saturated carbocycles. The maximum absolute atomic E-state index is 12.0. The fraction of sp³-hybridized carbons (Fsp3) is 0.412. The summed E-state index contributed by atoms with van der Waals surface area (Å²) in [5.41, 5.74) is -1.50. The number of nitrogens with one attached hydrogen (secondary N) is 2. The lowest BCUT2D eigenvalue weighted by Gasteiger charge is -2.22. The van der Waals surface area contributed by atoms with Crippen molar-refractivity contribution in [2.24, 2.45) is 5.92 Å². The molecule has 1 atom stereocenters. The molecular weight excluding hydrogens is 392 g/mol. The van der Waals surface area contributed by atoms with E-state index < -0.39 is 47.1 Å². The van der Waals surface area contributed by atoms with Gasteiger partial charge in [0.1, 0.15) is 17.1 Å². The number of benzene rings is 1. The molecule has 0 bridgehead atoms. The first kappa shape index (κ1) is 21.1. The first-order valence-corrected chi connectivity index (χ1v) is 8.64. The number of carbonyl (C=O) groups is 3. The topological polar surface area (TPSA) is 151 Å². The number of hydrogen-bond donors (Lipinski definition) is 2. The largest absolute Gasteiger partial charge is 0.454 e. The molecule has 0 unspecified atom stereocenters. The Morgan fingerprint density at radius 1 is 1.43 bits per heavy atom. The molecule has 1 fully saturated rings. The third-order valence-corrected chi connectivity index (χ3v) is 4.51. The summed E-state index contributed by atoms with van der Waals surface area (Å²) < 4.78 is 4.76. The Kier molecular flexibility index (Phi) is 6.53. The smallest absolute Gasteiger partial charge is 0.325 e. The van der Waals surface area contributed by atoms with Crippen molar-refractivity contribution >= 4 is 35.1 Å². The zero-order chi connectivity index (χ0) is 20.9. The van der Waals surface area contributed by atoms with Crippen molar-refractivity contribution in [3.8, 4) is 6.07 Å². The van der Waals surface area contributed by atoms with Gasteiger partial charge in [-0.25, -0.2) is 0 Å². The fourth-order valence-corrected chi connectivity index (χ4v) is 2.64. The van der Waals surface area contributed by atoms with E-state index in [1.54, 1.807) is 6.92 Å². The van der Waals surface area contributed by atoms with Gasteiger partial charge in [-0.05, 0) is 37.8 Å². The maximum Gasteiger partial charge on any atom is 0.325 e. The van der Waals surface area contributed by atoms with Gasteiger partial charge in [0.05, 0.1) is 11.0 Å². The lowest BCUT2D eigenvalue weighted by Crippen LogP contribution is -2.48. The Labute approximate surface area is 164 Å². The summed E-state index contributed by atoms with van der Waals surface area (Å²) in [4.78, 5) is 45.6. The van der Waals surface area contributed by atoms with Crippen LogP contribution in [0.3, 0.4) is 0 Å². The third-order valence-electron chi connectivity index (χ3n) is 4.19. The van der Waals surface area contributed by atoms with E-state index in [0.717, 1.165) is 18.9 Å². The minimum atomic E-state index is -0.999. The molecule has 1 aromatic carbocycles. The van der Waals surface area contributed by atoms with Crippen molar-refractivity contribution in [1.29, 1.82) is 5.26 Å². The summed E-state index contributed by atoms with van der Waals surface area (Å²) >= 11 is 5.67. The van der Waals surface area contributed by atoms with Gasteiger partial charge in [0.2, 0.25) is 0 Å². The van der Waals surface area contributed by atoms with Crippen LogP contribution in [0.4, 0.5) is 5.69 Å². The Bertz CT molecular complexity index is 864. The SMILES string of the molecule is C[C@](C#N)(NC(=O)COC(=O)CNC(=O)c1ccc(Cl)c([N+](=O)[O-])c1)C1CC1. The number of nitriles is 1. The molecule has 11 heteroatoms. The van der Waals surface area contributed by atoms with E-state index in [1.165, 1.54) is 12.1 Å². The molecule has 2 N–H and O–H groups in total. The Morgan fingerprint density at radius 3 is 2.68 bits per heavy atom. The maximum atomic E-state index is 12.0. The van der Waals surface area contributed by atoms with Gasteiger partial charge in [0.15, 0.2) is 6.61 Å². The Balaban J connectivity index is 1.80. The molecule has 0 heterocycles. The van der Waals surface area contributed by atoms with Gasteiger partial charge in [0.25, 0.3) is 17.5 Å². The number of nitro benzene ring substituents is 1. The van der Waals surface area contributed by atoms with Crippen LogP contribution in [-0.2, 0) is 14.3 Å². The lowest BCUT2D eigenvalue weighted by molar-refractivity contribution is -0.384. The average Bonchev–Trinajstić information content (AvgIpc) is 3.50. The van der Waals surface area contributed by atoms with E-state index in [9.17, 15) is 29.8 Å². The van der Waals surface area contributed by atoms with Crippen LogP contribution in [0.2, 0.25) is 5.02 Å². The number of esters is 1. The van der Waals surface area contributed by atoms with E-state index in [-0.39, 0.29) is 16.5 Å². The van der Waals surface area contributed by atoms with Crippen LogP contribution in [0, 0.1) is 27.4 Å². The predicted octanol–water partition coefficient (Wildman–Crippen LogP) is 1.33. The Morgan fingerprint density at radius 2 is 2.11 bits per heavy atom. The second-order valence-corrected chi connectivity index (χ2v) is 6.81. The average molecular weight is 409 g/mol. The molecule has 28 heavy (non-hydrogen) atoms. The number of rotatable bonds is 8. The van der Waals surface area contributed by atoms with E-state index in [4.69, 9.17) is 16.3 Å². The van der Waals surface area contributed by atoms with Crippen LogP contribution in [-0.4, -0.2) is 41.4 Å². The van der Waals surface area contributed by atoms with Gasteiger partial charge in [-0.1, -0.05) is 11.6 Å². The minimum absolute atomic E-state index is 0.0594. The van der Waals surface area contributed by atoms with Gasteiger partial charge in [-0.2, -0.15) is 5.26 Å². The summed E-state index contributed by atoms with van der Waals surface area (Å²) in [6.07, 6.45) is 1.69. The van der Waals surface area contributed by atoms with Crippen LogP contribution in [0.25, 0.3) is 0 Å². The predicted molar refractivity (Wildman–Crippen MR) is 96.3 cm³/mol. The van der Waals surface area contributed by atoms with Crippen LogP contribution in [0.5, 0.6) is 0 Å². The minimum Gasteiger partial charge on any atom is -0.454 e. The summed E-state index contributed by atoms with van der Waals surface area (Å²) in [6.45, 7) is 0.474. The number of nitro groups is 1. The molecule has 0 aliphatic heterocycles. The number of amides is 2. The van der Waals surface area contributed by atoms with Gasteiger partial charge in [-0.15, -0.1) is 0 Å². The molecule has 2 rings (SSSR count). The zero-order valence-electron chi connectivity index (χ0n) is 14.9. The molecule has 0 radical (unpaired) electrons. The monoisotopic (exact) mass is 408 g/mol. The van der Waals surface area contributed by atoms with E-state index in [2.05, 4.69) is 10.6 Å². The first-order valence-electron chi connectivity index (χ1n) is 8.26. The second kappa shape index (κ2) is 8.67. The summed E-state index contributed by atoms with van der Waals surface area (Å²) in [7, 11) is 0. The normalized spacial score (nSPS) is 14.9. The van der Waals surface area contributed by atoms with E-state index in [0.29, 0.717) is 0 Å². The van der Waals surface area contributed by atoms with Gasteiger partial charge in [-0.3, -0.25) is 24.5 Å². The number of halogens is 1. The van der Waals surface area contributed by atoms with Crippen LogP contribution < -0.4 is 10.6 Å². The quantitative estimate of drug-likeness (QED) is 0.374. The Hall–Kier alpha value is -3.19. The van der Waals surface area contributed by atoms with Gasteiger partial charge >= 0.3 is 5.97 Å². The molecule has 0 saturated heterocycles. The first-order chi connectivity index (χ1) is 13.2. The number of ether oxygens (including phenoxy) is 1. The van der Waals surface area contributed by atoms with Crippen LogP contribution >= 0.6 is 11.6 Å². The van der Waals surface area contributed by atoms with Gasteiger partial charge in [0, 0.05) is 11.6 Å². The van der Waals surface area contributed by atoms with E-state index >= 15 is 0 Å². The van der Waals surface area contributed by atoms with Gasteiger partial charge < -0.3 is 15.4 Å². The highest BCUT2D eigenvalue weighted by Crippen LogP contribution is 2.39. The molecule has 1 aromatic rings. The lowest BCUT2D eigenvalue weighted by atomic mass is 9.98. The molecule has 2 amide bonds. The van der Waals surface area contributed by atoms with Crippen molar-refractivity contribution in [3.05, 3.63) is 38.9 Å². The highest BCUT2D eigenvalue weighted by Gasteiger charge is 2.43. The highest BCUT2D eigenvalue weighted by atomic mass is 35.5. The summed E-state index contributed by atoms with van der Waals surface area (Å²) in [5.74, 6) is -2.16. The standard InChI is InChI=1S/C17H17ClN4O6/c1-17(9-19,11-3-4-11)21-14(23)8-28-15(24)7-20-16(25)10-2-5-12(18)13(6-10)22(26)27/h2,5-6,11H,3-4,7-8H2,1H3,(H,20,25)(H,21,23)/t17-/m1/s1. The number of nitrogens with zero attached hydrogens (tertiary/aromatic N) is 2. The molecule has 1 aliphatic carbocycles. The molecular formula is C17H17ClN4O6. The molecule has 1 aliphatic rings. The van der Waals surface area contributed by atoms with Crippen molar-refractivity contribution in [3.63, 3.8) is 0 Å². The zero-order valence-corrected chi connectivity index (χ0v) is 15.6. The van der Waals surface area contributed by atoms with Crippen molar-refractivity contribution < 1.29 is 24.0 Å². The van der Waals surface area contributed by atoms with Crippen LogP contribution in [0.15, 0.2) is 18.2 Å². The highest BCUT2D eigenvalue weighted by molar-refractivity contribution is 6.32. The molecule has 0 spiro atoms. The molecule has 0 aromatic heterocycles.